The van der Waals surface area contributed by atoms with E-state index in [1.807, 2.05) is 35.1 Å². The lowest BCUT2D eigenvalue weighted by Gasteiger charge is -2.04. The summed E-state index contributed by atoms with van der Waals surface area (Å²) in [5.41, 5.74) is 4.55. The Morgan fingerprint density at radius 2 is 2.12 bits per heavy atom. The summed E-state index contributed by atoms with van der Waals surface area (Å²) in [5.74, 6) is 0. The first kappa shape index (κ1) is 14.6. The summed E-state index contributed by atoms with van der Waals surface area (Å²) in [6, 6.07) is 9.36. The van der Waals surface area contributed by atoms with Gasteiger partial charge >= 0.3 is 0 Å². The van der Waals surface area contributed by atoms with Crippen LogP contribution in [0.2, 0.25) is 0 Å². The molecule has 0 aliphatic heterocycles. The molecule has 0 aliphatic rings. The molecule has 2 N–H and O–H groups in total. The molecule has 0 fully saturated rings. The second-order valence-electron chi connectivity index (χ2n) is 6.03. The van der Waals surface area contributed by atoms with Crippen molar-refractivity contribution in [2.45, 2.75) is 13.5 Å². The van der Waals surface area contributed by atoms with Crippen LogP contribution in [0.3, 0.4) is 0 Å². The van der Waals surface area contributed by atoms with Gasteiger partial charge in [-0.25, -0.2) is 9.50 Å². The predicted octanol–water partition coefficient (Wildman–Crippen LogP) is 2.45. The minimum atomic E-state index is -0.167. The van der Waals surface area contributed by atoms with E-state index in [-0.39, 0.29) is 5.56 Å². The van der Waals surface area contributed by atoms with Crippen molar-refractivity contribution in [3.8, 4) is 22.5 Å². The third-order valence-electron chi connectivity index (χ3n) is 4.53. The van der Waals surface area contributed by atoms with Crippen molar-refractivity contribution in [1.29, 1.82) is 0 Å². The number of hydrogen-bond donors (Lipinski definition) is 2. The monoisotopic (exact) mass is 345 g/mol. The number of aryl methyl sites for hydroxylation is 1. The van der Waals surface area contributed by atoms with E-state index in [2.05, 4.69) is 27.3 Å². The SMILES string of the molecule is CCn1ncc2cc(-c3cc(=O)n4[nH]cc(-c5ccn[nH]5)c4n3)ccc21. The van der Waals surface area contributed by atoms with Crippen molar-refractivity contribution < 1.29 is 0 Å². The van der Waals surface area contributed by atoms with Crippen molar-refractivity contribution in [3.63, 3.8) is 0 Å². The lowest BCUT2D eigenvalue weighted by atomic mass is 10.1. The fraction of sp³-hybridized carbons (Fsp3) is 0.111. The van der Waals surface area contributed by atoms with E-state index >= 15 is 0 Å². The molecule has 0 bridgehead atoms. The second kappa shape index (κ2) is 5.41. The maximum atomic E-state index is 12.5. The van der Waals surface area contributed by atoms with Crippen molar-refractivity contribution in [3.05, 3.63) is 59.3 Å². The zero-order chi connectivity index (χ0) is 17.7. The summed E-state index contributed by atoms with van der Waals surface area (Å²) in [6.45, 7) is 2.87. The highest BCUT2D eigenvalue weighted by molar-refractivity contribution is 5.84. The molecule has 128 valence electrons. The number of aromatic amines is 2. The maximum Gasteiger partial charge on any atom is 0.273 e. The van der Waals surface area contributed by atoms with Crippen LogP contribution in [0.4, 0.5) is 0 Å². The molecule has 8 nitrogen and oxygen atoms in total. The van der Waals surface area contributed by atoms with Crippen LogP contribution < -0.4 is 5.56 Å². The molecule has 0 saturated carbocycles. The minimum absolute atomic E-state index is 0.167. The Hall–Kier alpha value is -3.68. The Balaban J connectivity index is 1.72. The van der Waals surface area contributed by atoms with Crippen molar-refractivity contribution >= 4 is 16.6 Å². The van der Waals surface area contributed by atoms with Gasteiger partial charge in [0.2, 0.25) is 0 Å². The highest BCUT2D eigenvalue weighted by atomic mass is 16.1. The van der Waals surface area contributed by atoms with Crippen LogP contribution in [0.5, 0.6) is 0 Å². The van der Waals surface area contributed by atoms with Gasteiger partial charge in [0.05, 0.1) is 28.7 Å². The zero-order valence-electron chi connectivity index (χ0n) is 14.0. The second-order valence-corrected chi connectivity index (χ2v) is 6.03. The summed E-state index contributed by atoms with van der Waals surface area (Å²) in [6.07, 6.45) is 5.25. The van der Waals surface area contributed by atoms with Crippen molar-refractivity contribution in [2.24, 2.45) is 0 Å². The van der Waals surface area contributed by atoms with Gasteiger partial charge in [0, 0.05) is 36.0 Å². The van der Waals surface area contributed by atoms with Gasteiger partial charge in [0.25, 0.3) is 5.56 Å². The molecule has 0 amide bonds. The Labute approximate surface area is 147 Å². The van der Waals surface area contributed by atoms with Gasteiger partial charge in [0.1, 0.15) is 0 Å². The van der Waals surface area contributed by atoms with E-state index in [0.717, 1.165) is 34.3 Å². The lowest BCUT2D eigenvalue weighted by molar-refractivity contribution is 0.684. The van der Waals surface area contributed by atoms with Crippen LogP contribution in [0.15, 0.2) is 53.7 Å². The number of rotatable bonds is 3. The van der Waals surface area contributed by atoms with Crippen LogP contribution in [0.25, 0.3) is 39.1 Å². The van der Waals surface area contributed by atoms with Gasteiger partial charge in [0.15, 0.2) is 5.65 Å². The Bertz CT molecular complexity index is 1290. The number of fused-ring (bicyclic) bond motifs is 2. The largest absolute Gasteiger partial charge is 0.296 e. The summed E-state index contributed by atoms with van der Waals surface area (Å²) >= 11 is 0. The Morgan fingerprint density at radius 1 is 1.19 bits per heavy atom. The summed E-state index contributed by atoms with van der Waals surface area (Å²) in [7, 11) is 0. The van der Waals surface area contributed by atoms with Crippen molar-refractivity contribution in [1.82, 2.24) is 34.6 Å². The third kappa shape index (κ3) is 2.08. The van der Waals surface area contributed by atoms with E-state index in [0.29, 0.717) is 11.3 Å². The van der Waals surface area contributed by atoms with Gasteiger partial charge in [-0.05, 0) is 25.1 Å². The normalized spacial score (nSPS) is 11.6. The topological polar surface area (TPSA) is 96.7 Å². The van der Waals surface area contributed by atoms with Gasteiger partial charge in [-0.2, -0.15) is 10.2 Å². The molecule has 5 aromatic rings. The molecule has 0 aliphatic carbocycles. The standard InChI is InChI=1S/C18H15N7O/c1-2-24-16-4-3-11(7-12(16)9-20-24)15-8-17(26)25-18(22-15)13(10-21-25)14-5-6-19-23-14/h3-10,21H,2H2,1H3,(H,19,23). The van der Waals surface area contributed by atoms with Gasteiger partial charge in [-0.1, -0.05) is 6.07 Å². The van der Waals surface area contributed by atoms with E-state index in [9.17, 15) is 4.79 Å². The molecule has 4 heterocycles. The molecule has 0 unspecified atom stereocenters. The summed E-state index contributed by atoms with van der Waals surface area (Å²) in [5, 5.41) is 15.2. The van der Waals surface area contributed by atoms with E-state index in [1.165, 1.54) is 10.6 Å². The third-order valence-corrected chi connectivity index (χ3v) is 4.53. The average Bonchev–Trinajstić information content (AvgIpc) is 3.39. The average molecular weight is 345 g/mol. The molecule has 0 radical (unpaired) electrons. The molecular formula is C18H15N7O. The van der Waals surface area contributed by atoms with Crippen LogP contribution >= 0.6 is 0 Å². The zero-order valence-corrected chi connectivity index (χ0v) is 14.0. The molecule has 0 saturated heterocycles. The van der Waals surface area contributed by atoms with Gasteiger partial charge in [-0.15, -0.1) is 0 Å². The van der Waals surface area contributed by atoms with Crippen LogP contribution in [0.1, 0.15) is 6.92 Å². The molecule has 1 aromatic carbocycles. The predicted molar refractivity (Wildman–Crippen MR) is 97.8 cm³/mol. The van der Waals surface area contributed by atoms with E-state index < -0.39 is 0 Å². The highest BCUT2D eigenvalue weighted by Gasteiger charge is 2.13. The molecule has 5 rings (SSSR count). The lowest BCUT2D eigenvalue weighted by Crippen LogP contribution is -2.14. The van der Waals surface area contributed by atoms with E-state index in [4.69, 9.17) is 4.98 Å². The first-order valence-electron chi connectivity index (χ1n) is 8.31. The van der Waals surface area contributed by atoms with Gasteiger partial charge < -0.3 is 0 Å². The molecule has 0 atom stereocenters. The minimum Gasteiger partial charge on any atom is -0.296 e. The Kier molecular flexibility index (Phi) is 3.05. The highest BCUT2D eigenvalue weighted by Crippen LogP contribution is 2.25. The van der Waals surface area contributed by atoms with Crippen LogP contribution in [-0.4, -0.2) is 34.6 Å². The maximum absolute atomic E-state index is 12.5. The molecule has 0 spiro atoms. The molecule has 4 aromatic heterocycles. The van der Waals surface area contributed by atoms with Gasteiger partial charge in [-0.3, -0.25) is 19.7 Å². The molecule has 8 heteroatoms. The number of nitrogens with one attached hydrogen (secondary N) is 2. The van der Waals surface area contributed by atoms with Crippen molar-refractivity contribution in [2.75, 3.05) is 0 Å². The number of H-pyrrole nitrogens is 2. The molecule has 26 heavy (non-hydrogen) atoms. The van der Waals surface area contributed by atoms with Crippen LogP contribution in [0, 0.1) is 0 Å². The summed E-state index contributed by atoms with van der Waals surface area (Å²) in [4.78, 5) is 17.2. The van der Waals surface area contributed by atoms with E-state index in [1.54, 1.807) is 12.4 Å². The summed E-state index contributed by atoms with van der Waals surface area (Å²) < 4.78 is 3.36. The first-order valence-corrected chi connectivity index (χ1v) is 8.31. The quantitative estimate of drug-likeness (QED) is 0.525. The van der Waals surface area contributed by atoms with Crippen LogP contribution in [-0.2, 0) is 6.54 Å². The fourth-order valence-electron chi connectivity index (χ4n) is 3.23. The Morgan fingerprint density at radius 3 is 2.92 bits per heavy atom. The number of hydrogen-bond acceptors (Lipinski definition) is 4. The number of benzene rings is 1. The smallest absolute Gasteiger partial charge is 0.273 e. The first-order chi connectivity index (χ1) is 12.7. The number of nitrogens with zero attached hydrogens (tertiary/aromatic N) is 5. The molecular weight excluding hydrogens is 330 g/mol. The number of aromatic nitrogens is 7. The fourth-order valence-corrected chi connectivity index (χ4v) is 3.23.